The highest BCUT2D eigenvalue weighted by atomic mass is 19.3. The third-order valence-corrected chi connectivity index (χ3v) is 3.19. The molecule has 4 nitrogen and oxygen atoms in total. The molecular weight excluding hydrogens is 276 g/mol. The van der Waals surface area contributed by atoms with Crippen molar-refractivity contribution >= 4 is 5.65 Å². The highest BCUT2D eigenvalue weighted by Crippen LogP contribution is 2.27. The summed E-state index contributed by atoms with van der Waals surface area (Å²) in [4.78, 5) is 4.39. The van der Waals surface area contributed by atoms with Crippen LogP contribution >= 0.6 is 0 Å². The lowest BCUT2D eigenvalue weighted by molar-refractivity contribution is 0.143. The summed E-state index contributed by atoms with van der Waals surface area (Å²) in [5, 5.41) is 4.05. The van der Waals surface area contributed by atoms with Gasteiger partial charge in [0.15, 0.2) is 5.65 Å². The Morgan fingerprint density at radius 2 is 1.86 bits per heavy atom. The Hall–Kier alpha value is -2.50. The third-order valence-electron chi connectivity index (χ3n) is 3.19. The summed E-state index contributed by atoms with van der Waals surface area (Å²) < 4.78 is 32.7. The minimum absolute atomic E-state index is 0.168. The minimum Gasteiger partial charge on any atom is -0.497 e. The van der Waals surface area contributed by atoms with Gasteiger partial charge in [-0.05, 0) is 37.3 Å². The first-order valence-electron chi connectivity index (χ1n) is 6.38. The summed E-state index contributed by atoms with van der Waals surface area (Å²) in [5.41, 5.74) is 2.13. The molecular formula is C15H13F2N3O. The van der Waals surface area contributed by atoms with Crippen LogP contribution in [0.15, 0.2) is 36.4 Å². The van der Waals surface area contributed by atoms with Crippen molar-refractivity contribution in [2.45, 2.75) is 13.3 Å². The number of hydrogen-bond acceptors (Lipinski definition) is 3. The fraction of sp³-hybridized carbons (Fsp3) is 0.200. The van der Waals surface area contributed by atoms with Gasteiger partial charge in [-0.1, -0.05) is 0 Å². The van der Waals surface area contributed by atoms with Crippen molar-refractivity contribution in [2.75, 3.05) is 7.11 Å². The van der Waals surface area contributed by atoms with E-state index in [4.69, 9.17) is 4.74 Å². The Kier molecular flexibility index (Phi) is 3.29. The van der Waals surface area contributed by atoms with Crippen molar-refractivity contribution in [3.8, 4) is 17.0 Å². The van der Waals surface area contributed by atoms with Gasteiger partial charge >= 0.3 is 0 Å². The van der Waals surface area contributed by atoms with Gasteiger partial charge in [0.1, 0.15) is 11.4 Å². The summed E-state index contributed by atoms with van der Waals surface area (Å²) in [6, 6.07) is 10.2. The molecule has 0 unspecified atom stereocenters. The maximum atomic E-state index is 13.2. The summed E-state index contributed by atoms with van der Waals surface area (Å²) in [7, 11) is 1.57. The fourth-order valence-corrected chi connectivity index (χ4v) is 2.18. The van der Waals surface area contributed by atoms with E-state index in [1.807, 2.05) is 0 Å². The Bertz CT molecular complexity index is 781. The van der Waals surface area contributed by atoms with E-state index in [0.29, 0.717) is 22.8 Å². The fourth-order valence-electron chi connectivity index (χ4n) is 2.18. The normalized spacial score (nSPS) is 11.3. The molecule has 0 N–H and O–H groups in total. The first kappa shape index (κ1) is 13.5. The van der Waals surface area contributed by atoms with Crippen molar-refractivity contribution in [2.24, 2.45) is 0 Å². The Labute approximate surface area is 120 Å². The SMILES string of the molecule is COc1ccc(-c2cc(C(F)F)n3nc(C)cc3n2)cc1. The number of alkyl halides is 2. The van der Waals surface area contributed by atoms with Gasteiger partial charge in [-0.2, -0.15) is 5.10 Å². The van der Waals surface area contributed by atoms with Crippen LogP contribution in [-0.4, -0.2) is 21.7 Å². The van der Waals surface area contributed by atoms with Crippen molar-refractivity contribution in [1.82, 2.24) is 14.6 Å². The molecule has 3 rings (SSSR count). The molecule has 108 valence electrons. The number of hydrogen-bond donors (Lipinski definition) is 0. The zero-order valence-corrected chi connectivity index (χ0v) is 11.5. The highest BCUT2D eigenvalue weighted by Gasteiger charge is 2.16. The first-order chi connectivity index (χ1) is 10.1. The molecule has 2 heterocycles. The standard InChI is InChI=1S/C15H13F2N3O/c1-9-7-14-18-12(8-13(15(16)17)20(14)19-9)10-3-5-11(21-2)6-4-10/h3-8,15H,1-2H3. The molecule has 1 aromatic carbocycles. The molecule has 0 spiro atoms. The summed E-state index contributed by atoms with van der Waals surface area (Å²) in [6.07, 6.45) is -2.62. The van der Waals surface area contributed by atoms with Crippen LogP contribution in [0, 0.1) is 6.92 Å². The van der Waals surface area contributed by atoms with Crippen LogP contribution in [0.3, 0.4) is 0 Å². The molecule has 2 aromatic heterocycles. The lowest BCUT2D eigenvalue weighted by atomic mass is 10.1. The number of aromatic nitrogens is 3. The molecule has 3 aromatic rings. The maximum Gasteiger partial charge on any atom is 0.280 e. The summed E-state index contributed by atoms with van der Waals surface area (Å²) >= 11 is 0. The molecule has 0 amide bonds. The minimum atomic E-state index is -2.62. The Balaban J connectivity index is 2.17. The number of halogens is 2. The lowest BCUT2D eigenvalue weighted by Crippen LogP contribution is -2.02. The number of benzene rings is 1. The van der Waals surface area contributed by atoms with Gasteiger partial charge in [0.25, 0.3) is 6.43 Å². The van der Waals surface area contributed by atoms with Crippen LogP contribution < -0.4 is 4.74 Å². The second-order valence-electron chi connectivity index (χ2n) is 4.65. The van der Waals surface area contributed by atoms with Gasteiger partial charge in [-0.25, -0.2) is 18.3 Å². The van der Waals surface area contributed by atoms with E-state index < -0.39 is 6.43 Å². The molecule has 6 heteroatoms. The van der Waals surface area contributed by atoms with Gasteiger partial charge in [-0.15, -0.1) is 0 Å². The van der Waals surface area contributed by atoms with Crippen molar-refractivity contribution in [3.05, 3.63) is 47.8 Å². The Morgan fingerprint density at radius 1 is 1.14 bits per heavy atom. The Morgan fingerprint density at radius 3 is 2.48 bits per heavy atom. The van der Waals surface area contributed by atoms with E-state index in [1.54, 1.807) is 44.4 Å². The van der Waals surface area contributed by atoms with Crippen LogP contribution in [0.4, 0.5) is 8.78 Å². The molecule has 0 bridgehead atoms. The predicted molar refractivity (Wildman–Crippen MR) is 74.7 cm³/mol. The topological polar surface area (TPSA) is 39.4 Å². The van der Waals surface area contributed by atoms with Crippen LogP contribution in [0.5, 0.6) is 5.75 Å². The van der Waals surface area contributed by atoms with E-state index in [9.17, 15) is 8.78 Å². The van der Waals surface area contributed by atoms with Crippen LogP contribution in [0.25, 0.3) is 16.9 Å². The number of aryl methyl sites for hydroxylation is 1. The summed E-state index contributed by atoms with van der Waals surface area (Å²) in [5.74, 6) is 0.703. The number of nitrogens with zero attached hydrogens (tertiary/aromatic N) is 3. The van der Waals surface area contributed by atoms with E-state index in [2.05, 4.69) is 10.1 Å². The number of ether oxygens (including phenoxy) is 1. The molecule has 0 atom stereocenters. The van der Waals surface area contributed by atoms with Crippen molar-refractivity contribution in [1.29, 1.82) is 0 Å². The monoisotopic (exact) mass is 289 g/mol. The first-order valence-corrected chi connectivity index (χ1v) is 6.38. The van der Waals surface area contributed by atoms with E-state index in [-0.39, 0.29) is 5.69 Å². The van der Waals surface area contributed by atoms with E-state index in [1.165, 1.54) is 10.6 Å². The van der Waals surface area contributed by atoms with Crippen molar-refractivity contribution < 1.29 is 13.5 Å². The summed E-state index contributed by atoms with van der Waals surface area (Å²) in [6.45, 7) is 1.75. The quantitative estimate of drug-likeness (QED) is 0.739. The molecule has 0 saturated carbocycles. The second-order valence-corrected chi connectivity index (χ2v) is 4.65. The molecule has 0 radical (unpaired) electrons. The molecule has 0 aliphatic rings. The second kappa shape index (κ2) is 5.12. The van der Waals surface area contributed by atoms with Crippen molar-refractivity contribution in [3.63, 3.8) is 0 Å². The van der Waals surface area contributed by atoms with E-state index >= 15 is 0 Å². The molecule has 0 fully saturated rings. The molecule has 0 saturated heterocycles. The average Bonchev–Trinajstić information content (AvgIpc) is 2.86. The van der Waals surface area contributed by atoms with Crippen LogP contribution in [0.1, 0.15) is 17.8 Å². The van der Waals surface area contributed by atoms with E-state index in [0.717, 1.165) is 5.56 Å². The van der Waals surface area contributed by atoms with Gasteiger partial charge in [0.2, 0.25) is 0 Å². The van der Waals surface area contributed by atoms with Gasteiger partial charge in [0.05, 0.1) is 18.5 Å². The third kappa shape index (κ3) is 2.44. The molecule has 0 aliphatic carbocycles. The van der Waals surface area contributed by atoms with Gasteiger partial charge in [0, 0.05) is 11.6 Å². The highest BCUT2D eigenvalue weighted by molar-refractivity contribution is 5.63. The number of fused-ring (bicyclic) bond motifs is 1. The molecule has 0 aliphatic heterocycles. The lowest BCUT2D eigenvalue weighted by Gasteiger charge is -2.08. The maximum absolute atomic E-state index is 13.2. The zero-order chi connectivity index (χ0) is 15.0. The largest absolute Gasteiger partial charge is 0.497 e. The smallest absolute Gasteiger partial charge is 0.280 e. The number of methoxy groups -OCH3 is 1. The molecule has 21 heavy (non-hydrogen) atoms. The number of rotatable bonds is 3. The van der Waals surface area contributed by atoms with Crippen LogP contribution in [-0.2, 0) is 0 Å². The van der Waals surface area contributed by atoms with Gasteiger partial charge < -0.3 is 4.74 Å². The predicted octanol–water partition coefficient (Wildman–Crippen LogP) is 3.65. The average molecular weight is 289 g/mol. The van der Waals surface area contributed by atoms with Gasteiger partial charge in [-0.3, -0.25) is 0 Å². The zero-order valence-electron chi connectivity index (χ0n) is 11.5. The van der Waals surface area contributed by atoms with Crippen LogP contribution in [0.2, 0.25) is 0 Å².